The maximum atomic E-state index is 13.1. The van der Waals surface area contributed by atoms with Gasteiger partial charge in [-0.15, -0.1) is 0 Å². The third-order valence-corrected chi connectivity index (χ3v) is 7.33. The van der Waals surface area contributed by atoms with Gasteiger partial charge in [0.15, 0.2) is 0 Å². The molecule has 0 radical (unpaired) electrons. The van der Waals surface area contributed by atoms with Gasteiger partial charge in [0.2, 0.25) is 12.5 Å². The Labute approximate surface area is 164 Å². The number of nitro groups is 1. The number of aryl methyl sites for hydroxylation is 2. The third kappa shape index (κ3) is 2.41. The van der Waals surface area contributed by atoms with Gasteiger partial charge in [-0.1, -0.05) is 19.1 Å². The Bertz CT molecular complexity index is 882. The summed E-state index contributed by atoms with van der Waals surface area (Å²) >= 11 is 0. The molecule has 0 bridgehead atoms. The Balaban J connectivity index is 1.94. The first-order valence-corrected chi connectivity index (χ1v) is 9.83. The predicted octanol–water partition coefficient (Wildman–Crippen LogP) is 2.38. The number of nitrogens with zero attached hydrogens (tertiary/aromatic N) is 2. The summed E-state index contributed by atoms with van der Waals surface area (Å²) in [5.41, 5.74) is 3.75. The fourth-order valence-corrected chi connectivity index (χ4v) is 6.09. The SMILES string of the molecule is COC(=O)C1Cc2cc(C)c(C)cc2C23C[C@H](C)[C@@H](C[N+](=O)[O-])[C@@H]2CC(=O)N13. The van der Waals surface area contributed by atoms with Crippen LogP contribution in [-0.2, 0) is 26.3 Å². The summed E-state index contributed by atoms with van der Waals surface area (Å²) < 4.78 is 5.04. The van der Waals surface area contributed by atoms with Crippen molar-refractivity contribution in [1.82, 2.24) is 4.90 Å². The average molecular weight is 386 g/mol. The molecule has 2 unspecified atom stereocenters. The first-order valence-electron chi connectivity index (χ1n) is 9.83. The summed E-state index contributed by atoms with van der Waals surface area (Å²) in [6.07, 6.45) is 1.32. The monoisotopic (exact) mass is 386 g/mol. The van der Waals surface area contributed by atoms with Crippen molar-refractivity contribution in [2.75, 3.05) is 13.7 Å². The highest BCUT2D eigenvalue weighted by molar-refractivity contribution is 5.89. The molecule has 0 N–H and O–H groups in total. The van der Waals surface area contributed by atoms with Gasteiger partial charge in [-0.3, -0.25) is 14.9 Å². The number of hydrogen-bond donors (Lipinski definition) is 0. The molecule has 7 heteroatoms. The summed E-state index contributed by atoms with van der Waals surface area (Å²) in [6, 6.07) is 3.58. The number of amides is 1. The van der Waals surface area contributed by atoms with E-state index >= 15 is 0 Å². The van der Waals surface area contributed by atoms with Gasteiger partial charge in [0.05, 0.1) is 12.6 Å². The molecular weight excluding hydrogens is 360 g/mol. The van der Waals surface area contributed by atoms with Gasteiger partial charge in [-0.25, -0.2) is 4.79 Å². The fourth-order valence-electron chi connectivity index (χ4n) is 6.09. The van der Waals surface area contributed by atoms with Crippen molar-refractivity contribution in [2.45, 2.75) is 51.6 Å². The second kappa shape index (κ2) is 6.29. The van der Waals surface area contributed by atoms with Crippen molar-refractivity contribution in [3.63, 3.8) is 0 Å². The van der Waals surface area contributed by atoms with E-state index in [1.54, 1.807) is 4.90 Å². The number of rotatable bonds is 3. The predicted molar refractivity (Wildman–Crippen MR) is 101 cm³/mol. The molecule has 28 heavy (non-hydrogen) atoms. The first-order chi connectivity index (χ1) is 13.2. The number of ether oxygens (including phenoxy) is 1. The number of hydrogen-bond acceptors (Lipinski definition) is 5. The van der Waals surface area contributed by atoms with Gasteiger partial charge in [0, 0.05) is 29.6 Å². The highest BCUT2D eigenvalue weighted by atomic mass is 16.6. The third-order valence-electron chi connectivity index (χ3n) is 7.33. The van der Waals surface area contributed by atoms with Gasteiger partial charge in [-0.2, -0.15) is 0 Å². The summed E-state index contributed by atoms with van der Waals surface area (Å²) in [6.45, 7) is 5.97. The van der Waals surface area contributed by atoms with Crippen LogP contribution in [0.3, 0.4) is 0 Å². The summed E-state index contributed by atoms with van der Waals surface area (Å²) in [7, 11) is 1.34. The molecule has 2 heterocycles. The lowest BCUT2D eigenvalue weighted by Crippen LogP contribution is -2.58. The van der Waals surface area contributed by atoms with Crippen molar-refractivity contribution in [2.24, 2.45) is 17.8 Å². The number of carbonyl (C=O) groups is 2. The zero-order chi connectivity index (χ0) is 20.4. The number of fused-ring (bicyclic) bond motifs is 1. The first kappa shape index (κ1) is 18.9. The van der Waals surface area contributed by atoms with Crippen LogP contribution in [0.4, 0.5) is 0 Å². The minimum absolute atomic E-state index is 0.0930. The molecule has 3 aliphatic rings. The molecule has 150 valence electrons. The van der Waals surface area contributed by atoms with Crippen LogP contribution >= 0.6 is 0 Å². The van der Waals surface area contributed by atoms with Crippen LogP contribution in [-0.4, -0.2) is 41.4 Å². The van der Waals surface area contributed by atoms with E-state index in [1.165, 1.54) is 7.11 Å². The summed E-state index contributed by atoms with van der Waals surface area (Å²) in [5.74, 6) is -0.757. The van der Waals surface area contributed by atoms with Gasteiger partial charge in [0.1, 0.15) is 6.04 Å². The van der Waals surface area contributed by atoms with Crippen LogP contribution in [0.2, 0.25) is 0 Å². The molecule has 1 aromatic carbocycles. The van der Waals surface area contributed by atoms with Crippen molar-refractivity contribution >= 4 is 11.9 Å². The van der Waals surface area contributed by atoms with E-state index in [1.807, 2.05) is 20.8 Å². The molecule has 1 aromatic rings. The van der Waals surface area contributed by atoms with Crippen LogP contribution in [0.1, 0.15) is 42.0 Å². The summed E-state index contributed by atoms with van der Waals surface area (Å²) in [4.78, 5) is 38.5. The van der Waals surface area contributed by atoms with E-state index in [0.717, 1.165) is 22.3 Å². The largest absolute Gasteiger partial charge is 0.467 e. The molecule has 0 aromatic heterocycles. The molecular formula is C21H26N2O5. The molecule has 2 fully saturated rings. The molecule has 1 aliphatic carbocycles. The van der Waals surface area contributed by atoms with Crippen molar-refractivity contribution < 1.29 is 19.2 Å². The molecule has 7 nitrogen and oxygen atoms in total. The fraction of sp³-hybridized carbons (Fsp3) is 0.619. The maximum Gasteiger partial charge on any atom is 0.328 e. The molecule has 2 aliphatic heterocycles. The van der Waals surface area contributed by atoms with E-state index < -0.39 is 17.6 Å². The van der Waals surface area contributed by atoms with Crippen LogP contribution in [0, 0.1) is 41.7 Å². The van der Waals surface area contributed by atoms with Crippen LogP contribution in [0.5, 0.6) is 0 Å². The number of benzene rings is 1. The molecule has 4 rings (SSSR count). The molecule has 1 amide bonds. The van der Waals surface area contributed by atoms with Crippen LogP contribution in [0.25, 0.3) is 0 Å². The Morgan fingerprint density at radius 3 is 2.64 bits per heavy atom. The maximum absolute atomic E-state index is 13.1. The molecule has 5 atom stereocenters. The zero-order valence-corrected chi connectivity index (χ0v) is 16.7. The second-order valence-corrected chi connectivity index (χ2v) is 8.70. The minimum atomic E-state index is -0.668. The van der Waals surface area contributed by atoms with E-state index in [2.05, 4.69) is 12.1 Å². The minimum Gasteiger partial charge on any atom is -0.467 e. The zero-order valence-electron chi connectivity index (χ0n) is 16.7. The quantitative estimate of drug-likeness (QED) is 0.452. The smallest absolute Gasteiger partial charge is 0.328 e. The van der Waals surface area contributed by atoms with E-state index in [4.69, 9.17) is 4.74 Å². The lowest BCUT2D eigenvalue weighted by atomic mass is 9.72. The second-order valence-electron chi connectivity index (χ2n) is 8.70. The van der Waals surface area contributed by atoms with Gasteiger partial charge >= 0.3 is 5.97 Å². The van der Waals surface area contributed by atoms with Gasteiger partial charge in [0.25, 0.3) is 0 Å². The Kier molecular flexibility index (Phi) is 4.25. The highest BCUT2D eigenvalue weighted by Gasteiger charge is 2.67. The van der Waals surface area contributed by atoms with Crippen molar-refractivity contribution in [3.05, 3.63) is 44.5 Å². The van der Waals surface area contributed by atoms with Crippen LogP contribution < -0.4 is 0 Å². The Morgan fingerprint density at radius 2 is 2.00 bits per heavy atom. The lowest BCUT2D eigenvalue weighted by molar-refractivity contribution is -0.491. The van der Waals surface area contributed by atoms with Gasteiger partial charge < -0.3 is 9.64 Å². The van der Waals surface area contributed by atoms with Gasteiger partial charge in [-0.05, 0) is 48.4 Å². The standard InChI is InChI=1S/C21H26N2O5/c1-11-5-14-7-18(20(25)28-4)23-19(24)8-17-15(10-22(26)27)13(3)9-21(17,23)16(14)6-12(11)2/h5-6,13,15,17-18H,7-10H2,1-4H3/t13-,15+,17-,18?,21?/m0/s1. The number of methoxy groups -OCH3 is 1. The Morgan fingerprint density at radius 1 is 1.32 bits per heavy atom. The highest BCUT2D eigenvalue weighted by Crippen LogP contribution is 2.62. The van der Waals surface area contributed by atoms with E-state index in [0.29, 0.717) is 12.8 Å². The normalized spacial score (nSPS) is 33.3. The van der Waals surface area contributed by atoms with Crippen molar-refractivity contribution in [1.29, 1.82) is 0 Å². The van der Waals surface area contributed by atoms with E-state index in [-0.39, 0.29) is 41.5 Å². The average Bonchev–Trinajstić information content (AvgIpc) is 3.05. The summed E-state index contributed by atoms with van der Waals surface area (Å²) in [5, 5.41) is 11.3. The Hall–Kier alpha value is -2.44. The topological polar surface area (TPSA) is 89.7 Å². The van der Waals surface area contributed by atoms with E-state index in [9.17, 15) is 19.7 Å². The number of carbonyl (C=O) groups excluding carboxylic acids is 2. The molecule has 1 spiro atoms. The molecule has 1 saturated heterocycles. The van der Waals surface area contributed by atoms with Crippen molar-refractivity contribution in [3.8, 4) is 0 Å². The number of esters is 1. The van der Waals surface area contributed by atoms with Crippen LogP contribution in [0.15, 0.2) is 12.1 Å². The lowest BCUT2D eigenvalue weighted by Gasteiger charge is -2.48. The molecule has 1 saturated carbocycles.